The monoisotopic (exact) mass is 446 g/mol. The summed E-state index contributed by atoms with van der Waals surface area (Å²) in [6.07, 6.45) is 3.12. The minimum Gasteiger partial charge on any atom is -0.342 e. The van der Waals surface area contributed by atoms with Crippen molar-refractivity contribution in [3.05, 3.63) is 65.2 Å². The zero-order chi connectivity index (χ0) is 21.1. The number of carbonyl (C=O) groups excluding carboxylic acids is 1. The van der Waals surface area contributed by atoms with E-state index in [9.17, 15) is 13.2 Å². The van der Waals surface area contributed by atoms with E-state index in [0.29, 0.717) is 36.9 Å². The number of rotatable bonds is 4. The van der Waals surface area contributed by atoms with Crippen LogP contribution in [0.25, 0.3) is 0 Å². The lowest BCUT2D eigenvalue weighted by Gasteiger charge is -2.37. The van der Waals surface area contributed by atoms with E-state index in [-0.39, 0.29) is 16.7 Å². The summed E-state index contributed by atoms with van der Waals surface area (Å²) in [5.74, 6) is 0.613. The lowest BCUT2D eigenvalue weighted by Crippen LogP contribution is -2.46. The molecule has 0 radical (unpaired) electrons. The molecule has 2 aliphatic heterocycles. The van der Waals surface area contributed by atoms with Gasteiger partial charge in [0.25, 0.3) is 0 Å². The molecule has 2 aliphatic rings. The van der Waals surface area contributed by atoms with Gasteiger partial charge in [0, 0.05) is 37.1 Å². The Labute approximate surface area is 183 Å². The van der Waals surface area contributed by atoms with E-state index in [1.165, 1.54) is 22.0 Å². The zero-order valence-corrected chi connectivity index (χ0v) is 18.5. The number of hydrogen-bond acceptors (Lipinski definition) is 3. The summed E-state index contributed by atoms with van der Waals surface area (Å²) in [6, 6.07) is 16.7. The van der Waals surface area contributed by atoms with Crippen LogP contribution in [0.5, 0.6) is 0 Å². The first-order chi connectivity index (χ1) is 14.4. The molecular formula is C23H27ClN2O3S. The quantitative estimate of drug-likeness (QED) is 0.708. The van der Waals surface area contributed by atoms with Crippen molar-refractivity contribution in [1.82, 2.24) is 9.21 Å². The van der Waals surface area contributed by atoms with Gasteiger partial charge in [-0.1, -0.05) is 41.9 Å². The molecule has 7 heteroatoms. The standard InChI is InChI=1S/C23H27ClN2O3S/c24-21-6-8-22(9-7-21)30(28,29)26-16-12-20(13-17-26)23(27)25-14-10-19(11-15-25)18-4-2-1-3-5-18/h1-9,19-20H,10-17H2. The van der Waals surface area contributed by atoms with Crippen molar-refractivity contribution in [2.75, 3.05) is 26.2 Å². The van der Waals surface area contributed by atoms with Crippen LogP contribution in [0.3, 0.4) is 0 Å². The van der Waals surface area contributed by atoms with Crippen LogP contribution in [0, 0.1) is 5.92 Å². The predicted octanol–water partition coefficient (Wildman–Crippen LogP) is 4.15. The van der Waals surface area contributed by atoms with Crippen molar-refractivity contribution in [2.24, 2.45) is 5.92 Å². The van der Waals surface area contributed by atoms with Crippen LogP contribution in [0.1, 0.15) is 37.2 Å². The molecule has 2 aromatic carbocycles. The minimum atomic E-state index is -3.54. The summed E-state index contributed by atoms with van der Waals surface area (Å²) < 4.78 is 27.2. The van der Waals surface area contributed by atoms with Crippen LogP contribution >= 0.6 is 11.6 Å². The van der Waals surface area contributed by atoms with Gasteiger partial charge in [-0.25, -0.2) is 8.42 Å². The van der Waals surface area contributed by atoms with Gasteiger partial charge in [-0.3, -0.25) is 4.79 Å². The lowest BCUT2D eigenvalue weighted by molar-refractivity contribution is -0.137. The maximum Gasteiger partial charge on any atom is 0.243 e. The maximum absolute atomic E-state index is 13.0. The first-order valence-electron chi connectivity index (χ1n) is 10.5. The molecule has 30 heavy (non-hydrogen) atoms. The van der Waals surface area contributed by atoms with Crippen molar-refractivity contribution < 1.29 is 13.2 Å². The average molecular weight is 447 g/mol. The van der Waals surface area contributed by atoms with Gasteiger partial charge >= 0.3 is 0 Å². The van der Waals surface area contributed by atoms with Gasteiger partial charge in [0.05, 0.1) is 4.90 Å². The van der Waals surface area contributed by atoms with E-state index in [1.807, 2.05) is 11.0 Å². The number of likely N-dealkylation sites (tertiary alicyclic amines) is 1. The first-order valence-corrected chi connectivity index (χ1v) is 12.4. The van der Waals surface area contributed by atoms with Crippen molar-refractivity contribution in [3.8, 4) is 0 Å². The van der Waals surface area contributed by atoms with Gasteiger partial charge in [0.2, 0.25) is 15.9 Å². The summed E-state index contributed by atoms with van der Waals surface area (Å²) >= 11 is 5.87. The zero-order valence-electron chi connectivity index (χ0n) is 16.9. The van der Waals surface area contributed by atoms with Gasteiger partial charge < -0.3 is 4.90 Å². The number of carbonyl (C=O) groups is 1. The van der Waals surface area contributed by atoms with Crippen LogP contribution in [-0.4, -0.2) is 49.7 Å². The summed E-state index contributed by atoms with van der Waals surface area (Å²) in [7, 11) is -3.54. The summed E-state index contributed by atoms with van der Waals surface area (Å²) in [4.78, 5) is 15.2. The highest BCUT2D eigenvalue weighted by molar-refractivity contribution is 7.89. The van der Waals surface area contributed by atoms with Gasteiger partial charge in [-0.2, -0.15) is 4.31 Å². The molecule has 0 spiro atoms. The molecule has 0 aromatic heterocycles. The third-order valence-corrected chi connectivity index (χ3v) is 8.50. The molecule has 2 saturated heterocycles. The third-order valence-electron chi connectivity index (χ3n) is 6.33. The molecule has 0 N–H and O–H groups in total. The highest BCUT2D eigenvalue weighted by atomic mass is 35.5. The molecule has 2 aromatic rings. The Morgan fingerprint density at radius 1 is 0.833 bits per heavy atom. The molecule has 5 nitrogen and oxygen atoms in total. The summed E-state index contributed by atoms with van der Waals surface area (Å²) in [6.45, 7) is 2.31. The van der Waals surface area contributed by atoms with Gasteiger partial charge in [0.1, 0.15) is 0 Å². The number of benzene rings is 2. The van der Waals surface area contributed by atoms with Gasteiger partial charge in [-0.05, 0) is 61.4 Å². The molecule has 1 amide bonds. The Bertz CT molecular complexity index is 963. The second-order valence-corrected chi connectivity index (χ2v) is 10.5. The third kappa shape index (κ3) is 4.56. The first kappa shape index (κ1) is 21.3. The van der Waals surface area contributed by atoms with Crippen molar-refractivity contribution in [3.63, 3.8) is 0 Å². The number of hydrogen-bond donors (Lipinski definition) is 0. The Kier molecular flexibility index (Phi) is 6.46. The molecule has 2 fully saturated rings. The molecule has 4 rings (SSSR count). The molecule has 0 atom stereocenters. The molecule has 0 unspecified atom stereocenters. The van der Waals surface area contributed by atoms with E-state index in [1.54, 1.807) is 12.1 Å². The molecular weight excluding hydrogens is 420 g/mol. The molecule has 0 bridgehead atoms. The van der Waals surface area contributed by atoms with Crippen LogP contribution in [-0.2, 0) is 14.8 Å². The molecule has 160 valence electrons. The fourth-order valence-corrected chi connectivity index (χ4v) is 6.11. The Hall–Kier alpha value is -1.89. The van der Waals surface area contributed by atoms with Crippen molar-refractivity contribution in [2.45, 2.75) is 36.5 Å². The number of halogens is 1. The number of piperidine rings is 2. The Balaban J connectivity index is 1.31. The highest BCUT2D eigenvalue weighted by Gasteiger charge is 2.35. The van der Waals surface area contributed by atoms with Gasteiger partial charge in [0.15, 0.2) is 0 Å². The Morgan fingerprint density at radius 2 is 1.43 bits per heavy atom. The van der Waals surface area contributed by atoms with Crippen LogP contribution in [0.4, 0.5) is 0 Å². The topological polar surface area (TPSA) is 57.7 Å². The maximum atomic E-state index is 13.0. The fraction of sp³-hybridized carbons (Fsp3) is 0.435. The number of sulfonamides is 1. The fourth-order valence-electron chi connectivity index (χ4n) is 4.52. The van der Waals surface area contributed by atoms with Gasteiger partial charge in [-0.15, -0.1) is 0 Å². The molecule has 0 saturated carbocycles. The summed E-state index contributed by atoms with van der Waals surface area (Å²) in [5, 5.41) is 0.509. The second-order valence-electron chi connectivity index (χ2n) is 8.14. The SMILES string of the molecule is O=C(C1CCN(S(=O)(=O)c2ccc(Cl)cc2)CC1)N1CCC(c2ccccc2)CC1. The minimum absolute atomic E-state index is 0.0880. The lowest BCUT2D eigenvalue weighted by atomic mass is 9.88. The highest BCUT2D eigenvalue weighted by Crippen LogP contribution is 2.30. The Morgan fingerprint density at radius 3 is 2.03 bits per heavy atom. The van der Waals surface area contributed by atoms with E-state index in [2.05, 4.69) is 24.3 Å². The number of amides is 1. The van der Waals surface area contributed by atoms with E-state index >= 15 is 0 Å². The van der Waals surface area contributed by atoms with Crippen LogP contribution in [0.15, 0.2) is 59.5 Å². The molecule has 2 heterocycles. The van der Waals surface area contributed by atoms with Crippen LogP contribution < -0.4 is 0 Å². The van der Waals surface area contributed by atoms with Crippen molar-refractivity contribution >= 4 is 27.5 Å². The van der Waals surface area contributed by atoms with E-state index in [0.717, 1.165) is 25.9 Å². The number of nitrogens with zero attached hydrogens (tertiary/aromatic N) is 2. The largest absolute Gasteiger partial charge is 0.342 e. The van der Waals surface area contributed by atoms with E-state index < -0.39 is 10.0 Å². The second kappa shape index (κ2) is 9.08. The van der Waals surface area contributed by atoms with Crippen LogP contribution in [0.2, 0.25) is 5.02 Å². The van der Waals surface area contributed by atoms with E-state index in [4.69, 9.17) is 11.6 Å². The predicted molar refractivity (Wildman–Crippen MR) is 118 cm³/mol. The summed E-state index contributed by atoms with van der Waals surface area (Å²) in [5.41, 5.74) is 1.35. The molecule has 0 aliphatic carbocycles. The van der Waals surface area contributed by atoms with Crippen molar-refractivity contribution in [1.29, 1.82) is 0 Å². The smallest absolute Gasteiger partial charge is 0.243 e. The average Bonchev–Trinajstić information content (AvgIpc) is 2.80. The normalized spacial score (nSPS) is 19.7.